The summed E-state index contributed by atoms with van der Waals surface area (Å²) in [6.07, 6.45) is 2.33. The van der Waals surface area contributed by atoms with E-state index in [1.165, 1.54) is 18.6 Å². The lowest BCUT2D eigenvalue weighted by Gasteiger charge is -2.03. The fourth-order valence-corrected chi connectivity index (χ4v) is 1.27. The Morgan fingerprint density at radius 2 is 1.94 bits per heavy atom. The third-order valence-electron chi connectivity index (χ3n) is 2.18. The van der Waals surface area contributed by atoms with Crippen molar-refractivity contribution in [3.63, 3.8) is 0 Å². The molecular formula is C11H17ClN2O2. The van der Waals surface area contributed by atoms with Crippen molar-refractivity contribution in [2.75, 3.05) is 6.54 Å². The summed E-state index contributed by atoms with van der Waals surface area (Å²) >= 11 is 0. The van der Waals surface area contributed by atoms with Crippen LogP contribution in [0.3, 0.4) is 0 Å². The van der Waals surface area contributed by atoms with Crippen molar-refractivity contribution < 1.29 is 4.92 Å². The van der Waals surface area contributed by atoms with Gasteiger partial charge in [-0.2, -0.15) is 0 Å². The van der Waals surface area contributed by atoms with Gasteiger partial charge in [-0.15, -0.1) is 12.4 Å². The number of nitrogens with zero attached hydrogens (tertiary/aromatic N) is 1. The van der Waals surface area contributed by atoms with Gasteiger partial charge >= 0.3 is 0 Å². The number of hydrogen-bond acceptors (Lipinski definition) is 3. The summed E-state index contributed by atoms with van der Waals surface area (Å²) in [6.45, 7) is 3.92. The van der Waals surface area contributed by atoms with Crippen LogP contribution in [0.5, 0.6) is 0 Å². The molecule has 0 amide bonds. The highest BCUT2D eigenvalue weighted by Gasteiger charge is 2.02. The second-order valence-electron chi connectivity index (χ2n) is 3.45. The molecule has 0 spiro atoms. The number of hydrogen-bond donors (Lipinski definition) is 1. The molecule has 0 heterocycles. The predicted octanol–water partition coefficient (Wildman–Crippen LogP) is 2.91. The van der Waals surface area contributed by atoms with Crippen LogP contribution in [0.15, 0.2) is 24.3 Å². The predicted molar refractivity (Wildman–Crippen MR) is 67.0 cm³/mol. The first-order valence-corrected chi connectivity index (χ1v) is 5.18. The van der Waals surface area contributed by atoms with E-state index in [2.05, 4.69) is 12.2 Å². The quantitative estimate of drug-likeness (QED) is 0.476. The zero-order valence-corrected chi connectivity index (χ0v) is 10.1. The Bertz CT molecular complexity index is 314. The first kappa shape index (κ1) is 14.9. The van der Waals surface area contributed by atoms with E-state index in [0.29, 0.717) is 0 Å². The van der Waals surface area contributed by atoms with E-state index in [9.17, 15) is 10.1 Å². The summed E-state index contributed by atoms with van der Waals surface area (Å²) in [5, 5.41) is 13.7. The SMILES string of the molecule is CCCCNCc1ccc([N+](=O)[O-])cc1.Cl. The van der Waals surface area contributed by atoms with Gasteiger partial charge in [-0.1, -0.05) is 25.5 Å². The van der Waals surface area contributed by atoms with Crippen LogP contribution in [0.2, 0.25) is 0 Å². The number of non-ortho nitro benzene ring substituents is 1. The number of unbranched alkanes of at least 4 members (excludes halogenated alkanes) is 1. The summed E-state index contributed by atoms with van der Waals surface area (Å²) in [6, 6.07) is 6.65. The lowest BCUT2D eigenvalue weighted by Crippen LogP contribution is -2.14. The molecule has 0 aromatic heterocycles. The highest BCUT2D eigenvalue weighted by Crippen LogP contribution is 2.11. The minimum atomic E-state index is -0.381. The fraction of sp³-hybridized carbons (Fsp3) is 0.455. The van der Waals surface area contributed by atoms with Gasteiger partial charge in [0.2, 0.25) is 0 Å². The maximum Gasteiger partial charge on any atom is 0.269 e. The topological polar surface area (TPSA) is 55.2 Å². The van der Waals surface area contributed by atoms with E-state index in [1.54, 1.807) is 12.1 Å². The Labute approximate surface area is 102 Å². The average molecular weight is 245 g/mol. The molecule has 1 rings (SSSR count). The van der Waals surface area contributed by atoms with Gasteiger partial charge in [-0.25, -0.2) is 0 Å². The molecule has 90 valence electrons. The molecule has 0 bridgehead atoms. The first-order valence-electron chi connectivity index (χ1n) is 5.18. The molecule has 0 aliphatic carbocycles. The van der Waals surface area contributed by atoms with Crippen molar-refractivity contribution in [3.8, 4) is 0 Å². The van der Waals surface area contributed by atoms with Gasteiger partial charge in [0.05, 0.1) is 4.92 Å². The zero-order valence-electron chi connectivity index (χ0n) is 9.31. The van der Waals surface area contributed by atoms with Crippen molar-refractivity contribution in [3.05, 3.63) is 39.9 Å². The highest BCUT2D eigenvalue weighted by molar-refractivity contribution is 5.85. The Morgan fingerprint density at radius 3 is 2.44 bits per heavy atom. The molecule has 1 aromatic rings. The van der Waals surface area contributed by atoms with Crippen LogP contribution in [0.1, 0.15) is 25.3 Å². The van der Waals surface area contributed by atoms with Crippen molar-refractivity contribution in [1.29, 1.82) is 0 Å². The summed E-state index contributed by atoms with van der Waals surface area (Å²) in [5.74, 6) is 0. The number of halogens is 1. The molecule has 0 saturated heterocycles. The summed E-state index contributed by atoms with van der Waals surface area (Å²) in [4.78, 5) is 10.0. The van der Waals surface area contributed by atoms with E-state index in [0.717, 1.165) is 25.1 Å². The molecule has 0 unspecified atom stereocenters. The van der Waals surface area contributed by atoms with E-state index >= 15 is 0 Å². The number of nitro benzene ring substituents is 1. The maximum atomic E-state index is 10.4. The lowest BCUT2D eigenvalue weighted by atomic mass is 10.2. The molecule has 0 aliphatic rings. The molecule has 0 saturated carbocycles. The molecule has 16 heavy (non-hydrogen) atoms. The molecule has 0 fully saturated rings. The maximum absolute atomic E-state index is 10.4. The van der Waals surface area contributed by atoms with Crippen molar-refractivity contribution in [1.82, 2.24) is 5.32 Å². The molecular weight excluding hydrogens is 228 g/mol. The number of rotatable bonds is 6. The average Bonchev–Trinajstić information content (AvgIpc) is 2.25. The Morgan fingerprint density at radius 1 is 1.31 bits per heavy atom. The minimum absolute atomic E-state index is 0. The Hall–Kier alpha value is -1.13. The van der Waals surface area contributed by atoms with Gasteiger partial charge in [0, 0.05) is 18.7 Å². The zero-order chi connectivity index (χ0) is 11.1. The van der Waals surface area contributed by atoms with Gasteiger partial charge < -0.3 is 5.32 Å². The van der Waals surface area contributed by atoms with Gasteiger partial charge in [0.25, 0.3) is 5.69 Å². The minimum Gasteiger partial charge on any atom is -0.313 e. The molecule has 0 atom stereocenters. The second kappa shape index (κ2) is 8.07. The van der Waals surface area contributed by atoms with Crippen LogP contribution in [-0.4, -0.2) is 11.5 Å². The second-order valence-corrected chi connectivity index (χ2v) is 3.45. The van der Waals surface area contributed by atoms with Gasteiger partial charge in [-0.05, 0) is 18.5 Å². The summed E-state index contributed by atoms with van der Waals surface area (Å²) in [5.41, 5.74) is 1.23. The van der Waals surface area contributed by atoms with E-state index in [-0.39, 0.29) is 23.0 Å². The van der Waals surface area contributed by atoms with Crippen molar-refractivity contribution >= 4 is 18.1 Å². The number of nitrogens with one attached hydrogen (secondary N) is 1. The van der Waals surface area contributed by atoms with Gasteiger partial charge in [0.15, 0.2) is 0 Å². The third kappa shape index (κ3) is 5.09. The van der Waals surface area contributed by atoms with Crippen LogP contribution in [-0.2, 0) is 6.54 Å². The number of nitro groups is 1. The molecule has 5 heteroatoms. The molecule has 4 nitrogen and oxygen atoms in total. The van der Waals surface area contributed by atoms with Crippen LogP contribution < -0.4 is 5.32 Å². The van der Waals surface area contributed by atoms with Crippen molar-refractivity contribution in [2.45, 2.75) is 26.3 Å². The highest BCUT2D eigenvalue weighted by atomic mass is 35.5. The molecule has 1 N–H and O–H groups in total. The summed E-state index contributed by atoms with van der Waals surface area (Å²) in [7, 11) is 0. The van der Waals surface area contributed by atoms with Crippen LogP contribution >= 0.6 is 12.4 Å². The third-order valence-corrected chi connectivity index (χ3v) is 2.18. The fourth-order valence-electron chi connectivity index (χ4n) is 1.27. The van der Waals surface area contributed by atoms with E-state index in [1.807, 2.05) is 0 Å². The first-order chi connectivity index (χ1) is 7.24. The smallest absolute Gasteiger partial charge is 0.269 e. The lowest BCUT2D eigenvalue weighted by molar-refractivity contribution is -0.384. The molecule has 0 aliphatic heterocycles. The molecule has 1 aromatic carbocycles. The standard InChI is InChI=1S/C11H16N2O2.ClH/c1-2-3-8-12-9-10-4-6-11(7-5-10)13(14)15;/h4-7,12H,2-3,8-9H2,1H3;1H. The number of benzene rings is 1. The normalized spacial score (nSPS) is 9.56. The van der Waals surface area contributed by atoms with Crippen LogP contribution in [0, 0.1) is 10.1 Å². The van der Waals surface area contributed by atoms with Gasteiger partial charge in [0.1, 0.15) is 0 Å². The van der Waals surface area contributed by atoms with Crippen LogP contribution in [0.25, 0.3) is 0 Å². The van der Waals surface area contributed by atoms with Crippen molar-refractivity contribution in [2.24, 2.45) is 0 Å². The summed E-state index contributed by atoms with van der Waals surface area (Å²) < 4.78 is 0. The van der Waals surface area contributed by atoms with E-state index < -0.39 is 0 Å². The monoisotopic (exact) mass is 244 g/mol. The molecule has 0 radical (unpaired) electrons. The Kier molecular flexibility index (Phi) is 7.50. The largest absolute Gasteiger partial charge is 0.313 e. The van der Waals surface area contributed by atoms with Crippen LogP contribution in [0.4, 0.5) is 5.69 Å². The Balaban J connectivity index is 0.00000225. The van der Waals surface area contributed by atoms with E-state index in [4.69, 9.17) is 0 Å². The van der Waals surface area contributed by atoms with Gasteiger partial charge in [-0.3, -0.25) is 10.1 Å².